The predicted molar refractivity (Wildman–Crippen MR) is 74.5 cm³/mol. The molecule has 2 heterocycles. The third-order valence-electron chi connectivity index (χ3n) is 3.71. The van der Waals surface area contributed by atoms with Crippen LogP contribution in [-0.2, 0) is 13.1 Å². The lowest BCUT2D eigenvalue weighted by Crippen LogP contribution is -2.44. The number of nitrogens with one attached hydrogen (secondary N) is 1. The number of likely N-dealkylation sites (N-methyl/N-ethyl adjacent to an activating group) is 1. The molecule has 18 heavy (non-hydrogen) atoms. The number of hydrogen-bond donors (Lipinski definition) is 1. The molecule has 1 aliphatic heterocycles. The van der Waals surface area contributed by atoms with E-state index in [1.165, 1.54) is 31.4 Å². The summed E-state index contributed by atoms with van der Waals surface area (Å²) in [6.45, 7) is 6.60. The minimum absolute atomic E-state index is 0.693. The Bertz CT molecular complexity index is 345. The topological polar surface area (TPSA) is 33.1 Å². The SMILES string of the molecule is CCCn1cc(CN2CCCCC2CNC)cn1. The van der Waals surface area contributed by atoms with Crippen molar-refractivity contribution in [3.8, 4) is 0 Å². The fourth-order valence-corrected chi connectivity index (χ4v) is 2.81. The van der Waals surface area contributed by atoms with Gasteiger partial charge in [0.2, 0.25) is 0 Å². The van der Waals surface area contributed by atoms with Crippen molar-refractivity contribution in [2.45, 2.75) is 51.7 Å². The molecule has 0 spiro atoms. The second-order valence-electron chi connectivity index (χ2n) is 5.29. The number of aryl methyl sites for hydroxylation is 1. The second kappa shape index (κ2) is 6.90. The van der Waals surface area contributed by atoms with Gasteiger partial charge in [0.1, 0.15) is 0 Å². The van der Waals surface area contributed by atoms with Gasteiger partial charge in [0, 0.05) is 37.4 Å². The molecule has 1 aromatic rings. The second-order valence-corrected chi connectivity index (χ2v) is 5.29. The van der Waals surface area contributed by atoms with Crippen LogP contribution < -0.4 is 5.32 Å². The maximum atomic E-state index is 4.42. The van der Waals surface area contributed by atoms with Gasteiger partial charge in [-0.25, -0.2) is 0 Å². The molecule has 2 rings (SSSR count). The zero-order valence-corrected chi connectivity index (χ0v) is 11.7. The van der Waals surface area contributed by atoms with Gasteiger partial charge in [-0.3, -0.25) is 9.58 Å². The monoisotopic (exact) mass is 250 g/mol. The molecule has 1 aliphatic rings. The van der Waals surface area contributed by atoms with Crippen molar-refractivity contribution >= 4 is 0 Å². The Balaban J connectivity index is 1.92. The van der Waals surface area contributed by atoms with Crippen LogP contribution in [0.5, 0.6) is 0 Å². The van der Waals surface area contributed by atoms with Crippen molar-refractivity contribution in [3.05, 3.63) is 18.0 Å². The molecular weight excluding hydrogens is 224 g/mol. The van der Waals surface area contributed by atoms with E-state index in [-0.39, 0.29) is 0 Å². The van der Waals surface area contributed by atoms with E-state index in [1.807, 2.05) is 13.2 Å². The fraction of sp³-hybridized carbons (Fsp3) is 0.786. The first-order valence-corrected chi connectivity index (χ1v) is 7.23. The van der Waals surface area contributed by atoms with Crippen LogP contribution in [0.1, 0.15) is 38.2 Å². The van der Waals surface area contributed by atoms with Crippen LogP contribution in [0.4, 0.5) is 0 Å². The summed E-state index contributed by atoms with van der Waals surface area (Å²) in [5.41, 5.74) is 1.35. The molecule has 0 bridgehead atoms. The number of aromatic nitrogens is 2. The van der Waals surface area contributed by atoms with Crippen molar-refractivity contribution in [1.82, 2.24) is 20.0 Å². The molecular formula is C14H26N4. The summed E-state index contributed by atoms with van der Waals surface area (Å²) >= 11 is 0. The average Bonchev–Trinajstić information content (AvgIpc) is 2.80. The van der Waals surface area contributed by atoms with Gasteiger partial charge < -0.3 is 5.32 Å². The summed E-state index contributed by atoms with van der Waals surface area (Å²) in [5.74, 6) is 0. The first-order chi connectivity index (χ1) is 8.83. The highest BCUT2D eigenvalue weighted by Crippen LogP contribution is 2.19. The van der Waals surface area contributed by atoms with Gasteiger partial charge in [-0.1, -0.05) is 13.3 Å². The van der Waals surface area contributed by atoms with Crippen LogP contribution in [-0.4, -0.2) is 40.9 Å². The molecule has 1 fully saturated rings. The fourth-order valence-electron chi connectivity index (χ4n) is 2.81. The van der Waals surface area contributed by atoms with Crippen molar-refractivity contribution in [3.63, 3.8) is 0 Å². The highest BCUT2D eigenvalue weighted by atomic mass is 15.3. The molecule has 1 N–H and O–H groups in total. The Hall–Kier alpha value is -0.870. The molecule has 1 atom stereocenters. The summed E-state index contributed by atoms with van der Waals surface area (Å²) in [6.07, 6.45) is 9.41. The van der Waals surface area contributed by atoms with Crippen LogP contribution in [0.2, 0.25) is 0 Å². The molecule has 102 valence electrons. The van der Waals surface area contributed by atoms with E-state index in [4.69, 9.17) is 0 Å². The lowest BCUT2D eigenvalue weighted by atomic mass is 10.0. The van der Waals surface area contributed by atoms with Crippen molar-refractivity contribution < 1.29 is 0 Å². The molecule has 0 amide bonds. The summed E-state index contributed by atoms with van der Waals surface area (Å²) in [4.78, 5) is 2.60. The Morgan fingerprint density at radius 1 is 1.44 bits per heavy atom. The summed E-state index contributed by atoms with van der Waals surface area (Å²) in [5, 5.41) is 7.73. The van der Waals surface area contributed by atoms with Gasteiger partial charge >= 0.3 is 0 Å². The summed E-state index contributed by atoms with van der Waals surface area (Å²) < 4.78 is 2.06. The van der Waals surface area contributed by atoms with Crippen LogP contribution in [0, 0.1) is 0 Å². The van der Waals surface area contributed by atoms with E-state index in [1.54, 1.807) is 0 Å². The third kappa shape index (κ3) is 3.56. The molecule has 0 aromatic carbocycles. The van der Waals surface area contributed by atoms with Crippen molar-refractivity contribution in [2.75, 3.05) is 20.1 Å². The standard InChI is InChI=1S/C14H26N4/c1-3-7-18-12-13(9-16-18)11-17-8-5-4-6-14(17)10-15-2/h9,12,14-15H,3-8,10-11H2,1-2H3. The van der Waals surface area contributed by atoms with Gasteiger partial charge in [0.05, 0.1) is 6.20 Å². The lowest BCUT2D eigenvalue weighted by molar-refractivity contribution is 0.139. The maximum Gasteiger partial charge on any atom is 0.0534 e. The molecule has 1 aromatic heterocycles. The smallest absolute Gasteiger partial charge is 0.0534 e. The van der Waals surface area contributed by atoms with Crippen LogP contribution in [0.15, 0.2) is 12.4 Å². The highest BCUT2D eigenvalue weighted by Gasteiger charge is 2.21. The molecule has 1 saturated heterocycles. The largest absolute Gasteiger partial charge is 0.318 e. The van der Waals surface area contributed by atoms with Crippen LogP contribution in [0.25, 0.3) is 0 Å². The van der Waals surface area contributed by atoms with Gasteiger partial charge in [0.25, 0.3) is 0 Å². The van der Waals surface area contributed by atoms with E-state index in [0.29, 0.717) is 6.04 Å². The van der Waals surface area contributed by atoms with Gasteiger partial charge in [-0.2, -0.15) is 5.10 Å². The van der Waals surface area contributed by atoms with Gasteiger partial charge in [0.15, 0.2) is 0 Å². The zero-order chi connectivity index (χ0) is 12.8. The first kappa shape index (κ1) is 13.6. The minimum Gasteiger partial charge on any atom is -0.318 e. The lowest BCUT2D eigenvalue weighted by Gasteiger charge is -2.35. The first-order valence-electron chi connectivity index (χ1n) is 7.23. The Labute approximate surface area is 110 Å². The molecule has 4 nitrogen and oxygen atoms in total. The Kier molecular flexibility index (Phi) is 5.20. The van der Waals surface area contributed by atoms with Gasteiger partial charge in [-0.05, 0) is 32.9 Å². The normalized spacial score (nSPS) is 21.3. The number of hydrogen-bond acceptors (Lipinski definition) is 3. The Morgan fingerprint density at radius 2 is 2.33 bits per heavy atom. The number of likely N-dealkylation sites (tertiary alicyclic amines) is 1. The highest BCUT2D eigenvalue weighted by molar-refractivity contribution is 5.04. The van der Waals surface area contributed by atoms with Gasteiger partial charge in [-0.15, -0.1) is 0 Å². The molecule has 4 heteroatoms. The van der Waals surface area contributed by atoms with Crippen LogP contribution >= 0.6 is 0 Å². The molecule has 0 saturated carbocycles. The van der Waals surface area contributed by atoms with Crippen molar-refractivity contribution in [2.24, 2.45) is 0 Å². The summed E-state index contributed by atoms with van der Waals surface area (Å²) in [7, 11) is 2.05. The average molecular weight is 250 g/mol. The zero-order valence-electron chi connectivity index (χ0n) is 11.7. The van der Waals surface area contributed by atoms with E-state index in [2.05, 4.69) is 33.1 Å². The third-order valence-corrected chi connectivity index (χ3v) is 3.71. The van der Waals surface area contributed by atoms with E-state index >= 15 is 0 Å². The quantitative estimate of drug-likeness (QED) is 0.836. The van der Waals surface area contributed by atoms with E-state index in [9.17, 15) is 0 Å². The molecule has 0 aliphatic carbocycles. The maximum absolute atomic E-state index is 4.42. The summed E-state index contributed by atoms with van der Waals surface area (Å²) in [6, 6.07) is 0.693. The van der Waals surface area contributed by atoms with E-state index < -0.39 is 0 Å². The van der Waals surface area contributed by atoms with E-state index in [0.717, 1.165) is 26.1 Å². The van der Waals surface area contributed by atoms with Crippen LogP contribution in [0.3, 0.4) is 0 Å². The minimum atomic E-state index is 0.693. The Morgan fingerprint density at radius 3 is 3.11 bits per heavy atom. The van der Waals surface area contributed by atoms with Crippen molar-refractivity contribution in [1.29, 1.82) is 0 Å². The molecule has 1 unspecified atom stereocenters. The molecule has 0 radical (unpaired) electrons. The number of nitrogens with zero attached hydrogens (tertiary/aromatic N) is 3. The number of rotatable bonds is 6. The number of piperidine rings is 1. The predicted octanol–water partition coefficient (Wildman–Crippen LogP) is 1.87.